The molecule has 0 fully saturated rings. The molecule has 0 bridgehead atoms. The number of nitrogens with one attached hydrogen (secondary N) is 1. The van der Waals surface area contributed by atoms with Crippen molar-refractivity contribution in [1.29, 1.82) is 0 Å². The Hall–Kier alpha value is -3.13. The number of H-pyrrole nitrogens is 1. The summed E-state index contributed by atoms with van der Waals surface area (Å²) in [5.74, 6) is 1.63. The van der Waals surface area contributed by atoms with Crippen LogP contribution in [0, 0.1) is 30.9 Å². The lowest BCUT2D eigenvalue weighted by atomic mass is 10.1. The molecule has 132 valence electrons. The van der Waals surface area contributed by atoms with E-state index in [-0.39, 0.29) is 30.5 Å². The molecule has 2 aromatic carbocycles. The highest BCUT2D eigenvalue weighted by atomic mass is 19.1. The van der Waals surface area contributed by atoms with Crippen LogP contribution in [-0.4, -0.2) is 22.3 Å². The second kappa shape index (κ2) is 7.40. The van der Waals surface area contributed by atoms with Gasteiger partial charge in [-0.25, -0.2) is 8.78 Å². The number of halogens is 2. The van der Waals surface area contributed by atoms with Crippen molar-refractivity contribution in [2.75, 3.05) is 6.54 Å². The lowest BCUT2D eigenvalue weighted by Crippen LogP contribution is -2.32. The summed E-state index contributed by atoms with van der Waals surface area (Å²) in [6.07, 6.45) is 5.51. The molecule has 0 unspecified atom stereocenters. The van der Waals surface area contributed by atoms with E-state index >= 15 is 0 Å². The van der Waals surface area contributed by atoms with Crippen molar-refractivity contribution in [2.45, 2.75) is 19.9 Å². The first kappa shape index (κ1) is 17.7. The quantitative estimate of drug-likeness (QED) is 0.693. The van der Waals surface area contributed by atoms with E-state index in [0.717, 1.165) is 22.3 Å². The van der Waals surface area contributed by atoms with Gasteiger partial charge in [0.2, 0.25) is 5.91 Å². The van der Waals surface area contributed by atoms with Crippen LogP contribution in [0.2, 0.25) is 0 Å². The minimum Gasteiger partial charge on any atom is -0.358 e. The molecule has 0 aliphatic carbocycles. The van der Waals surface area contributed by atoms with E-state index in [1.807, 2.05) is 6.92 Å². The second-order valence-electron chi connectivity index (χ2n) is 6.18. The van der Waals surface area contributed by atoms with Gasteiger partial charge in [0.25, 0.3) is 0 Å². The van der Waals surface area contributed by atoms with Crippen LogP contribution in [0.15, 0.2) is 42.5 Å². The van der Waals surface area contributed by atoms with Crippen LogP contribution < -0.4 is 0 Å². The maximum absolute atomic E-state index is 13.6. The van der Waals surface area contributed by atoms with Crippen LogP contribution in [0.4, 0.5) is 8.78 Å². The molecule has 3 rings (SSSR count). The predicted molar refractivity (Wildman–Crippen MR) is 97.3 cm³/mol. The molecule has 1 amide bonds. The highest BCUT2D eigenvalue weighted by Crippen LogP contribution is 2.24. The minimum atomic E-state index is -0.350. The molecule has 5 heteroatoms. The standard InChI is InChI=1S/C21H18F2N2O/c1-3-10-25(13-15-4-6-16(22)7-5-15)21(26)12-18-14(2)24-20-9-8-17(23)11-19(18)20/h1,4-9,11,24H,10,12-13H2,2H3. The molecule has 1 aromatic heterocycles. The molecule has 1 N–H and O–H groups in total. The van der Waals surface area contributed by atoms with E-state index in [1.54, 1.807) is 18.2 Å². The molecule has 0 aliphatic rings. The molecule has 0 spiro atoms. The van der Waals surface area contributed by atoms with E-state index in [1.165, 1.54) is 29.2 Å². The Morgan fingerprint density at radius 3 is 2.54 bits per heavy atom. The fourth-order valence-electron chi connectivity index (χ4n) is 3.00. The number of aromatic amines is 1. The van der Waals surface area contributed by atoms with Gasteiger partial charge >= 0.3 is 0 Å². The number of fused-ring (bicyclic) bond motifs is 1. The van der Waals surface area contributed by atoms with Crippen LogP contribution in [0.5, 0.6) is 0 Å². The summed E-state index contributed by atoms with van der Waals surface area (Å²) in [4.78, 5) is 17.5. The fraction of sp³-hybridized carbons (Fsp3) is 0.190. The van der Waals surface area contributed by atoms with Gasteiger partial charge in [-0.3, -0.25) is 4.79 Å². The average molecular weight is 352 g/mol. The number of hydrogen-bond acceptors (Lipinski definition) is 1. The number of nitrogens with zero attached hydrogens (tertiary/aromatic N) is 1. The molecule has 3 nitrogen and oxygen atoms in total. The van der Waals surface area contributed by atoms with Gasteiger partial charge in [0, 0.05) is 23.1 Å². The van der Waals surface area contributed by atoms with Crippen molar-refractivity contribution >= 4 is 16.8 Å². The van der Waals surface area contributed by atoms with Crippen LogP contribution in [0.25, 0.3) is 10.9 Å². The zero-order valence-electron chi connectivity index (χ0n) is 14.4. The highest BCUT2D eigenvalue weighted by molar-refractivity contribution is 5.90. The third kappa shape index (κ3) is 3.75. The van der Waals surface area contributed by atoms with Gasteiger partial charge in [-0.05, 0) is 48.4 Å². The normalized spacial score (nSPS) is 10.7. The highest BCUT2D eigenvalue weighted by Gasteiger charge is 2.18. The van der Waals surface area contributed by atoms with Crippen molar-refractivity contribution in [3.63, 3.8) is 0 Å². The van der Waals surface area contributed by atoms with Crippen molar-refractivity contribution in [3.8, 4) is 12.3 Å². The molecule has 26 heavy (non-hydrogen) atoms. The maximum Gasteiger partial charge on any atom is 0.228 e. The first-order valence-corrected chi connectivity index (χ1v) is 8.20. The molecule has 0 atom stereocenters. The van der Waals surface area contributed by atoms with Crippen molar-refractivity contribution in [2.24, 2.45) is 0 Å². The molecule has 0 radical (unpaired) electrons. The Bertz CT molecular complexity index is 984. The van der Waals surface area contributed by atoms with Gasteiger partial charge in [0.1, 0.15) is 11.6 Å². The van der Waals surface area contributed by atoms with Gasteiger partial charge in [0.05, 0.1) is 13.0 Å². The number of rotatable bonds is 5. The molecule has 0 saturated carbocycles. The third-order valence-electron chi connectivity index (χ3n) is 4.33. The Kier molecular flexibility index (Phi) is 5.04. The summed E-state index contributed by atoms with van der Waals surface area (Å²) < 4.78 is 26.7. The molecule has 3 aromatic rings. The Morgan fingerprint density at radius 2 is 1.85 bits per heavy atom. The Balaban J connectivity index is 1.84. The smallest absolute Gasteiger partial charge is 0.228 e. The van der Waals surface area contributed by atoms with Gasteiger partial charge in [0.15, 0.2) is 0 Å². The van der Waals surface area contributed by atoms with E-state index < -0.39 is 0 Å². The molecular formula is C21H18F2N2O. The number of carbonyl (C=O) groups excluding carboxylic acids is 1. The van der Waals surface area contributed by atoms with Crippen LogP contribution in [0.3, 0.4) is 0 Å². The zero-order chi connectivity index (χ0) is 18.7. The van der Waals surface area contributed by atoms with Crippen molar-refractivity contribution < 1.29 is 13.6 Å². The van der Waals surface area contributed by atoms with Crippen LogP contribution >= 0.6 is 0 Å². The summed E-state index contributed by atoms with van der Waals surface area (Å²) in [6.45, 7) is 2.29. The SMILES string of the molecule is C#CCN(Cc1ccc(F)cc1)C(=O)Cc1c(C)[nH]c2ccc(F)cc12. The summed E-state index contributed by atoms with van der Waals surface area (Å²) in [5, 5.41) is 0.693. The second-order valence-corrected chi connectivity index (χ2v) is 6.18. The molecular weight excluding hydrogens is 334 g/mol. The number of aryl methyl sites for hydroxylation is 1. The van der Waals surface area contributed by atoms with Gasteiger partial charge in [-0.15, -0.1) is 6.42 Å². The number of hydrogen-bond donors (Lipinski definition) is 1. The maximum atomic E-state index is 13.6. The van der Waals surface area contributed by atoms with Crippen molar-refractivity contribution in [3.05, 3.63) is 70.9 Å². The van der Waals surface area contributed by atoms with Crippen molar-refractivity contribution in [1.82, 2.24) is 9.88 Å². The number of terminal acetylenes is 1. The average Bonchev–Trinajstić information content (AvgIpc) is 2.91. The van der Waals surface area contributed by atoms with E-state index in [4.69, 9.17) is 6.42 Å². The summed E-state index contributed by atoms with van der Waals surface area (Å²) in [5.41, 5.74) is 3.15. The van der Waals surface area contributed by atoms with E-state index in [2.05, 4.69) is 10.9 Å². The monoisotopic (exact) mass is 352 g/mol. The number of aromatic nitrogens is 1. The first-order chi connectivity index (χ1) is 12.5. The van der Waals surface area contributed by atoms with Crippen LogP contribution in [0.1, 0.15) is 16.8 Å². The van der Waals surface area contributed by atoms with E-state index in [9.17, 15) is 13.6 Å². The number of carbonyl (C=O) groups is 1. The fourth-order valence-corrected chi connectivity index (χ4v) is 3.00. The number of benzene rings is 2. The minimum absolute atomic E-state index is 0.109. The summed E-state index contributed by atoms with van der Waals surface area (Å²) in [6, 6.07) is 10.4. The number of amides is 1. The predicted octanol–water partition coefficient (Wildman–Crippen LogP) is 3.96. The summed E-state index contributed by atoms with van der Waals surface area (Å²) in [7, 11) is 0. The summed E-state index contributed by atoms with van der Waals surface area (Å²) >= 11 is 0. The lowest BCUT2D eigenvalue weighted by Gasteiger charge is -2.20. The third-order valence-corrected chi connectivity index (χ3v) is 4.33. The zero-order valence-corrected chi connectivity index (χ0v) is 14.4. The first-order valence-electron chi connectivity index (χ1n) is 8.20. The Labute approximate surface area is 150 Å². The largest absolute Gasteiger partial charge is 0.358 e. The molecule has 0 aliphatic heterocycles. The Morgan fingerprint density at radius 1 is 1.15 bits per heavy atom. The molecule has 1 heterocycles. The van der Waals surface area contributed by atoms with E-state index in [0.29, 0.717) is 11.9 Å². The van der Waals surface area contributed by atoms with Gasteiger partial charge < -0.3 is 9.88 Å². The van der Waals surface area contributed by atoms with Crippen LogP contribution in [-0.2, 0) is 17.8 Å². The topological polar surface area (TPSA) is 36.1 Å². The molecule has 0 saturated heterocycles. The van der Waals surface area contributed by atoms with Gasteiger partial charge in [-0.1, -0.05) is 18.1 Å². The lowest BCUT2D eigenvalue weighted by molar-refractivity contribution is -0.130. The van der Waals surface area contributed by atoms with Gasteiger partial charge in [-0.2, -0.15) is 0 Å².